The van der Waals surface area contributed by atoms with Crippen molar-refractivity contribution in [2.75, 3.05) is 5.73 Å². The Balaban J connectivity index is 2.22. The minimum Gasteiger partial charge on any atom is -0.396 e. The summed E-state index contributed by atoms with van der Waals surface area (Å²) >= 11 is 1.55. The van der Waals surface area contributed by atoms with E-state index in [4.69, 9.17) is 5.73 Å². The van der Waals surface area contributed by atoms with E-state index in [1.807, 2.05) is 12.1 Å². The quantitative estimate of drug-likeness (QED) is 0.785. The molecule has 0 atom stereocenters. The normalized spacial score (nSPS) is 10.2. The van der Waals surface area contributed by atoms with Gasteiger partial charge in [0.15, 0.2) is 5.16 Å². The third kappa shape index (κ3) is 2.47. The van der Waals surface area contributed by atoms with Crippen molar-refractivity contribution in [3.8, 4) is 0 Å². The highest BCUT2D eigenvalue weighted by molar-refractivity contribution is 7.99. The largest absolute Gasteiger partial charge is 0.396 e. The standard InChI is InChI=1S/C11H11N3S/c1-8-4-2-3-5-10(8)15-11-13-6-9(12)7-14-11/h2-7H,12H2,1H3. The average Bonchev–Trinajstić information content (AvgIpc) is 2.25. The first kappa shape index (κ1) is 9.98. The molecule has 0 unspecified atom stereocenters. The molecule has 0 amide bonds. The summed E-state index contributed by atoms with van der Waals surface area (Å²) in [5, 5.41) is 0.721. The van der Waals surface area contributed by atoms with E-state index < -0.39 is 0 Å². The number of nitrogens with two attached hydrogens (primary N) is 1. The summed E-state index contributed by atoms with van der Waals surface area (Å²) in [5.41, 5.74) is 7.33. The van der Waals surface area contributed by atoms with Crippen LogP contribution in [0.1, 0.15) is 5.56 Å². The molecule has 2 N–H and O–H groups in total. The Hall–Kier alpha value is -1.55. The molecule has 0 saturated carbocycles. The van der Waals surface area contributed by atoms with Gasteiger partial charge in [0.05, 0.1) is 18.1 Å². The van der Waals surface area contributed by atoms with Crippen molar-refractivity contribution in [2.45, 2.75) is 17.0 Å². The summed E-state index contributed by atoms with van der Waals surface area (Å²) in [6, 6.07) is 8.15. The predicted octanol–water partition coefficient (Wildman–Crippen LogP) is 2.52. The van der Waals surface area contributed by atoms with Crippen LogP contribution in [0.3, 0.4) is 0 Å². The fourth-order valence-corrected chi connectivity index (χ4v) is 1.93. The van der Waals surface area contributed by atoms with E-state index in [-0.39, 0.29) is 0 Å². The number of hydrogen-bond acceptors (Lipinski definition) is 4. The first-order chi connectivity index (χ1) is 7.25. The summed E-state index contributed by atoms with van der Waals surface area (Å²) < 4.78 is 0. The zero-order valence-corrected chi connectivity index (χ0v) is 9.16. The molecular formula is C11H11N3S. The number of anilines is 1. The van der Waals surface area contributed by atoms with E-state index in [0.717, 1.165) is 5.16 Å². The van der Waals surface area contributed by atoms with E-state index in [1.165, 1.54) is 10.5 Å². The van der Waals surface area contributed by atoms with Gasteiger partial charge in [-0.1, -0.05) is 18.2 Å². The molecule has 0 spiro atoms. The molecule has 2 aromatic rings. The van der Waals surface area contributed by atoms with Crippen LogP contribution >= 0.6 is 11.8 Å². The second kappa shape index (κ2) is 4.31. The first-order valence-corrected chi connectivity index (χ1v) is 5.38. The number of rotatable bonds is 2. The fourth-order valence-electron chi connectivity index (χ4n) is 1.15. The molecule has 1 aromatic heterocycles. The molecule has 0 fully saturated rings. The Morgan fingerprint density at radius 1 is 1.13 bits per heavy atom. The van der Waals surface area contributed by atoms with Crippen LogP contribution in [0.2, 0.25) is 0 Å². The van der Waals surface area contributed by atoms with Gasteiger partial charge in [-0.25, -0.2) is 9.97 Å². The van der Waals surface area contributed by atoms with E-state index in [1.54, 1.807) is 24.2 Å². The number of hydrogen-bond donors (Lipinski definition) is 1. The lowest BCUT2D eigenvalue weighted by molar-refractivity contribution is 0.970. The van der Waals surface area contributed by atoms with Crippen LogP contribution in [0.5, 0.6) is 0 Å². The van der Waals surface area contributed by atoms with Crippen LogP contribution in [0.15, 0.2) is 46.7 Å². The third-order valence-corrected chi connectivity index (χ3v) is 3.01. The van der Waals surface area contributed by atoms with Crippen LogP contribution in [0.25, 0.3) is 0 Å². The Kier molecular flexibility index (Phi) is 2.87. The Labute approximate surface area is 92.8 Å². The van der Waals surface area contributed by atoms with Gasteiger partial charge in [0.1, 0.15) is 0 Å². The van der Waals surface area contributed by atoms with E-state index in [9.17, 15) is 0 Å². The van der Waals surface area contributed by atoms with E-state index in [0.29, 0.717) is 5.69 Å². The highest BCUT2D eigenvalue weighted by Gasteiger charge is 2.02. The Morgan fingerprint density at radius 2 is 1.80 bits per heavy atom. The lowest BCUT2D eigenvalue weighted by Crippen LogP contribution is -1.91. The van der Waals surface area contributed by atoms with Gasteiger partial charge in [-0.2, -0.15) is 0 Å². The highest BCUT2D eigenvalue weighted by Crippen LogP contribution is 2.26. The minimum absolute atomic E-state index is 0.587. The fraction of sp³-hybridized carbons (Fsp3) is 0.0909. The summed E-state index contributed by atoms with van der Waals surface area (Å²) in [5.74, 6) is 0. The van der Waals surface area contributed by atoms with Crippen LogP contribution in [-0.4, -0.2) is 9.97 Å². The minimum atomic E-state index is 0.587. The first-order valence-electron chi connectivity index (χ1n) is 4.57. The monoisotopic (exact) mass is 217 g/mol. The molecule has 0 radical (unpaired) electrons. The van der Waals surface area contributed by atoms with Crippen LogP contribution in [0, 0.1) is 6.92 Å². The molecule has 0 saturated heterocycles. The lowest BCUT2D eigenvalue weighted by atomic mass is 10.2. The summed E-state index contributed by atoms with van der Waals surface area (Å²) in [6.45, 7) is 2.07. The molecule has 3 nitrogen and oxygen atoms in total. The van der Waals surface area contributed by atoms with Crippen molar-refractivity contribution >= 4 is 17.4 Å². The smallest absolute Gasteiger partial charge is 0.192 e. The Morgan fingerprint density at radius 3 is 2.47 bits per heavy atom. The average molecular weight is 217 g/mol. The molecule has 4 heteroatoms. The number of aromatic nitrogens is 2. The molecule has 1 aromatic carbocycles. The van der Waals surface area contributed by atoms with Gasteiger partial charge in [0, 0.05) is 4.90 Å². The lowest BCUT2D eigenvalue weighted by Gasteiger charge is -2.03. The zero-order chi connectivity index (χ0) is 10.7. The molecule has 76 valence electrons. The van der Waals surface area contributed by atoms with Gasteiger partial charge < -0.3 is 5.73 Å². The zero-order valence-electron chi connectivity index (χ0n) is 8.34. The van der Waals surface area contributed by atoms with E-state index >= 15 is 0 Å². The van der Waals surface area contributed by atoms with Gasteiger partial charge in [0.25, 0.3) is 0 Å². The van der Waals surface area contributed by atoms with Crippen molar-refractivity contribution in [1.82, 2.24) is 9.97 Å². The van der Waals surface area contributed by atoms with Gasteiger partial charge in [-0.3, -0.25) is 0 Å². The molecule has 0 aliphatic rings. The van der Waals surface area contributed by atoms with Crippen molar-refractivity contribution < 1.29 is 0 Å². The van der Waals surface area contributed by atoms with Crippen LogP contribution < -0.4 is 5.73 Å². The maximum absolute atomic E-state index is 5.52. The van der Waals surface area contributed by atoms with Gasteiger partial charge in [-0.15, -0.1) is 0 Å². The molecule has 0 aliphatic carbocycles. The summed E-state index contributed by atoms with van der Waals surface area (Å²) in [4.78, 5) is 9.45. The topological polar surface area (TPSA) is 51.8 Å². The molecule has 2 rings (SSSR count). The number of benzene rings is 1. The van der Waals surface area contributed by atoms with Gasteiger partial charge in [-0.05, 0) is 30.3 Å². The van der Waals surface area contributed by atoms with E-state index in [2.05, 4.69) is 29.0 Å². The van der Waals surface area contributed by atoms with Gasteiger partial charge >= 0.3 is 0 Å². The highest BCUT2D eigenvalue weighted by atomic mass is 32.2. The molecule has 1 heterocycles. The van der Waals surface area contributed by atoms with Crippen LogP contribution in [0.4, 0.5) is 5.69 Å². The van der Waals surface area contributed by atoms with Crippen molar-refractivity contribution in [3.05, 3.63) is 42.2 Å². The summed E-state index contributed by atoms with van der Waals surface area (Å²) in [7, 11) is 0. The second-order valence-electron chi connectivity index (χ2n) is 3.17. The van der Waals surface area contributed by atoms with Crippen LogP contribution in [-0.2, 0) is 0 Å². The Bertz CT molecular complexity index is 454. The van der Waals surface area contributed by atoms with Crippen molar-refractivity contribution in [2.24, 2.45) is 0 Å². The molecular weight excluding hydrogens is 206 g/mol. The molecule has 15 heavy (non-hydrogen) atoms. The molecule has 0 bridgehead atoms. The SMILES string of the molecule is Cc1ccccc1Sc1ncc(N)cn1. The van der Waals surface area contributed by atoms with Crippen molar-refractivity contribution in [1.29, 1.82) is 0 Å². The van der Waals surface area contributed by atoms with Crippen molar-refractivity contribution in [3.63, 3.8) is 0 Å². The predicted molar refractivity (Wildman–Crippen MR) is 61.7 cm³/mol. The van der Waals surface area contributed by atoms with Gasteiger partial charge in [0.2, 0.25) is 0 Å². The maximum atomic E-state index is 5.52. The maximum Gasteiger partial charge on any atom is 0.192 e. The number of nitrogens with zero attached hydrogens (tertiary/aromatic N) is 2. The second-order valence-corrected chi connectivity index (χ2v) is 4.18. The summed E-state index contributed by atoms with van der Waals surface area (Å²) in [6.07, 6.45) is 3.24. The third-order valence-electron chi connectivity index (χ3n) is 1.94. The number of nitrogen functional groups attached to an aromatic ring is 1. The molecule has 0 aliphatic heterocycles. The number of aryl methyl sites for hydroxylation is 1.